The van der Waals surface area contributed by atoms with E-state index in [1.807, 2.05) is 19.0 Å². The average molecular weight is 281 g/mol. The van der Waals surface area contributed by atoms with Crippen LogP contribution in [0.3, 0.4) is 0 Å². The van der Waals surface area contributed by atoms with Gasteiger partial charge in [-0.15, -0.1) is 0 Å². The molecule has 1 aliphatic heterocycles. The molecule has 1 saturated heterocycles. The van der Waals surface area contributed by atoms with Gasteiger partial charge in [0.2, 0.25) is 0 Å². The second-order valence-electron chi connectivity index (χ2n) is 4.59. The van der Waals surface area contributed by atoms with Gasteiger partial charge in [0, 0.05) is 0 Å². The van der Waals surface area contributed by atoms with Crippen LogP contribution in [0.1, 0.15) is 26.2 Å². The molecule has 7 heteroatoms. The number of carbonyl (C=O) groups is 1. The van der Waals surface area contributed by atoms with E-state index >= 15 is 0 Å². The van der Waals surface area contributed by atoms with Crippen molar-refractivity contribution in [2.45, 2.75) is 26.2 Å². The fourth-order valence-electron chi connectivity index (χ4n) is 1.90. The van der Waals surface area contributed by atoms with Crippen LogP contribution in [0.15, 0.2) is 5.16 Å². The lowest BCUT2D eigenvalue weighted by Gasteiger charge is -2.21. The van der Waals surface area contributed by atoms with Crippen molar-refractivity contribution in [3.05, 3.63) is 0 Å². The van der Waals surface area contributed by atoms with Crippen molar-refractivity contribution >= 4 is 17.7 Å². The summed E-state index contributed by atoms with van der Waals surface area (Å²) in [5.74, 6) is -0.772. The zero-order chi connectivity index (χ0) is 15.0. The van der Waals surface area contributed by atoms with E-state index in [0.29, 0.717) is 6.02 Å². The largest absolute Gasteiger partial charge is 0.472 e. The molecule has 0 N–H and O–H groups in total. The Bertz CT molecular complexity index is 441. The number of hydrogen-bond donors (Lipinski definition) is 0. The van der Waals surface area contributed by atoms with Crippen LogP contribution in [0.2, 0.25) is 0 Å². The molecule has 7 nitrogen and oxygen atoms in total. The maximum atomic E-state index is 11.4. The van der Waals surface area contributed by atoms with Gasteiger partial charge in [0.05, 0.1) is 33.8 Å². The third-order valence-corrected chi connectivity index (χ3v) is 2.80. The zero-order valence-electron chi connectivity index (χ0n) is 12.3. The smallest absolute Gasteiger partial charge is 0.461 e. The summed E-state index contributed by atoms with van der Waals surface area (Å²) in [6.07, 6.45) is 3.38. The molecule has 0 bridgehead atoms. The highest BCUT2D eigenvalue weighted by Gasteiger charge is 2.26. The van der Waals surface area contributed by atoms with Gasteiger partial charge in [-0.05, 0) is 26.2 Å². The number of nitriles is 1. The van der Waals surface area contributed by atoms with Gasteiger partial charge in [0.25, 0.3) is 5.71 Å². The van der Waals surface area contributed by atoms with Crippen molar-refractivity contribution in [1.29, 1.82) is 5.26 Å². The highest BCUT2D eigenvalue weighted by atomic mass is 16.7. The molecular weight excluding hydrogens is 260 g/mol. The molecule has 0 aromatic heterocycles. The maximum Gasteiger partial charge on any atom is 0.472 e. The van der Waals surface area contributed by atoms with Crippen molar-refractivity contribution in [2.24, 2.45) is 5.16 Å². The van der Waals surface area contributed by atoms with Crippen LogP contribution in [0.4, 0.5) is 0 Å². The minimum Gasteiger partial charge on any atom is -0.461 e. The number of likely N-dealkylation sites (tertiary alicyclic amines) is 1. The SMILES string of the molecule is CCOC(=O)/C(C#N)=N/OC(N1CCCCC1)=[N+](C)C. The van der Waals surface area contributed by atoms with Crippen molar-refractivity contribution in [2.75, 3.05) is 33.8 Å². The third-order valence-electron chi connectivity index (χ3n) is 2.80. The summed E-state index contributed by atoms with van der Waals surface area (Å²) >= 11 is 0. The summed E-state index contributed by atoms with van der Waals surface area (Å²) in [4.78, 5) is 18.8. The molecule has 0 amide bonds. The number of oxime groups is 1. The van der Waals surface area contributed by atoms with E-state index in [4.69, 9.17) is 14.8 Å². The Morgan fingerprint density at radius 3 is 2.50 bits per heavy atom. The molecule has 0 saturated carbocycles. The quantitative estimate of drug-likeness (QED) is 0.248. The first-order valence-electron chi connectivity index (χ1n) is 6.71. The lowest BCUT2D eigenvalue weighted by atomic mass is 10.1. The van der Waals surface area contributed by atoms with Crippen LogP contribution >= 0.6 is 0 Å². The van der Waals surface area contributed by atoms with Crippen LogP contribution < -0.4 is 0 Å². The number of ether oxygens (including phenoxy) is 1. The summed E-state index contributed by atoms with van der Waals surface area (Å²) < 4.78 is 6.50. The Morgan fingerprint density at radius 1 is 1.35 bits per heavy atom. The topological polar surface area (TPSA) is 77.9 Å². The molecule has 0 spiro atoms. The first-order valence-corrected chi connectivity index (χ1v) is 6.71. The number of esters is 1. The Balaban J connectivity index is 2.78. The Hall–Kier alpha value is -2.10. The molecule has 1 heterocycles. The predicted octanol–water partition coefficient (Wildman–Crippen LogP) is 0.560. The normalized spacial score (nSPS) is 15.3. The minimum atomic E-state index is -0.772. The highest BCUT2D eigenvalue weighted by molar-refractivity contribution is 6.42. The molecule has 0 aromatic carbocycles. The van der Waals surface area contributed by atoms with Crippen LogP contribution in [0.25, 0.3) is 0 Å². The molecule has 0 radical (unpaired) electrons. The molecule has 0 aromatic rings. The van der Waals surface area contributed by atoms with Gasteiger partial charge in [0.15, 0.2) is 0 Å². The van der Waals surface area contributed by atoms with Gasteiger partial charge in [-0.1, -0.05) is 5.16 Å². The van der Waals surface area contributed by atoms with E-state index in [0.717, 1.165) is 25.9 Å². The molecule has 110 valence electrons. The monoisotopic (exact) mass is 281 g/mol. The molecule has 20 heavy (non-hydrogen) atoms. The standard InChI is InChI=1S/C13H21N4O3/c1-4-19-12(18)11(10-14)15-20-13(16(2)3)17-8-6-5-7-9-17/h4-9H2,1-3H3/q+1/b15-11+. The van der Waals surface area contributed by atoms with Crippen molar-refractivity contribution in [3.63, 3.8) is 0 Å². The number of piperidine rings is 1. The van der Waals surface area contributed by atoms with Gasteiger partial charge < -0.3 is 4.74 Å². The first kappa shape index (κ1) is 16.0. The Morgan fingerprint density at radius 2 is 2.00 bits per heavy atom. The van der Waals surface area contributed by atoms with Gasteiger partial charge in [-0.2, -0.15) is 5.26 Å². The molecule has 0 unspecified atom stereocenters. The van der Waals surface area contributed by atoms with Crippen LogP contribution in [0, 0.1) is 11.3 Å². The number of nitrogens with zero attached hydrogens (tertiary/aromatic N) is 4. The first-order chi connectivity index (χ1) is 9.60. The Labute approximate surface area is 119 Å². The number of carbonyl (C=O) groups excluding carboxylic acids is 1. The summed E-state index contributed by atoms with van der Waals surface area (Å²) in [6.45, 7) is 3.61. The van der Waals surface area contributed by atoms with E-state index in [2.05, 4.69) is 5.16 Å². The Kier molecular flexibility index (Phi) is 6.50. The molecular formula is C13H21N4O3+. The van der Waals surface area contributed by atoms with Crippen LogP contribution in [0.5, 0.6) is 0 Å². The lowest BCUT2D eigenvalue weighted by Crippen LogP contribution is -2.40. The van der Waals surface area contributed by atoms with Gasteiger partial charge in [-0.25, -0.2) is 14.3 Å². The summed E-state index contributed by atoms with van der Waals surface area (Å²) in [7, 11) is 3.66. The second kappa shape index (κ2) is 8.15. The zero-order valence-corrected chi connectivity index (χ0v) is 12.3. The van der Waals surface area contributed by atoms with E-state index in [9.17, 15) is 4.79 Å². The van der Waals surface area contributed by atoms with Crippen molar-refractivity contribution < 1.29 is 18.9 Å². The predicted molar refractivity (Wildman–Crippen MR) is 73.3 cm³/mol. The third kappa shape index (κ3) is 4.53. The number of amidine groups is 1. The van der Waals surface area contributed by atoms with Crippen molar-refractivity contribution in [3.8, 4) is 6.07 Å². The van der Waals surface area contributed by atoms with Gasteiger partial charge >= 0.3 is 12.0 Å². The molecule has 1 aliphatic rings. The molecule has 1 rings (SSSR count). The van der Waals surface area contributed by atoms with Crippen LogP contribution in [-0.4, -0.2) is 61.0 Å². The average Bonchev–Trinajstić information content (AvgIpc) is 2.44. The van der Waals surface area contributed by atoms with Crippen molar-refractivity contribution in [1.82, 2.24) is 4.90 Å². The van der Waals surface area contributed by atoms with E-state index in [1.165, 1.54) is 6.42 Å². The molecule has 0 aliphatic carbocycles. The maximum absolute atomic E-state index is 11.4. The fraction of sp³-hybridized carbons (Fsp3) is 0.692. The molecule has 1 fully saturated rings. The van der Waals surface area contributed by atoms with Crippen LogP contribution in [-0.2, 0) is 14.4 Å². The lowest BCUT2D eigenvalue weighted by molar-refractivity contribution is -0.481. The highest BCUT2D eigenvalue weighted by Crippen LogP contribution is 2.10. The van der Waals surface area contributed by atoms with Gasteiger partial charge in [-0.3, -0.25) is 4.84 Å². The van der Waals surface area contributed by atoms with E-state index in [-0.39, 0.29) is 12.3 Å². The second-order valence-corrected chi connectivity index (χ2v) is 4.59. The van der Waals surface area contributed by atoms with E-state index in [1.54, 1.807) is 17.6 Å². The van der Waals surface area contributed by atoms with Gasteiger partial charge in [0.1, 0.15) is 6.07 Å². The van der Waals surface area contributed by atoms with E-state index < -0.39 is 5.97 Å². The summed E-state index contributed by atoms with van der Waals surface area (Å²) in [6, 6.07) is 2.21. The number of hydrogen-bond acceptors (Lipinski definition) is 5. The molecule has 0 atom stereocenters. The number of rotatable bonds is 3. The fourth-order valence-corrected chi connectivity index (χ4v) is 1.90. The minimum absolute atomic E-state index is 0.190. The summed E-state index contributed by atoms with van der Waals surface area (Å²) in [5, 5.41) is 12.5. The summed E-state index contributed by atoms with van der Waals surface area (Å²) in [5.41, 5.74) is -0.386.